The van der Waals surface area contributed by atoms with Crippen molar-refractivity contribution in [2.75, 3.05) is 13.1 Å². The molecular formula is C14H20BrN. The van der Waals surface area contributed by atoms with Gasteiger partial charge < -0.3 is 0 Å². The van der Waals surface area contributed by atoms with Gasteiger partial charge in [-0.15, -0.1) is 0 Å². The first kappa shape index (κ1) is 12.1. The van der Waals surface area contributed by atoms with Crippen LogP contribution in [0.1, 0.15) is 24.5 Å². The van der Waals surface area contributed by atoms with E-state index >= 15 is 0 Å². The first-order valence-corrected chi connectivity index (χ1v) is 6.99. The van der Waals surface area contributed by atoms with E-state index in [0.29, 0.717) is 4.83 Å². The number of aryl methyl sites for hydroxylation is 1. The minimum Gasteiger partial charge on any atom is -0.298 e. The number of nitrogens with zero attached hydrogens (tertiary/aromatic N) is 1. The van der Waals surface area contributed by atoms with Crippen molar-refractivity contribution in [2.24, 2.45) is 5.92 Å². The van der Waals surface area contributed by atoms with Gasteiger partial charge in [-0.1, -0.05) is 47.1 Å². The van der Waals surface area contributed by atoms with Gasteiger partial charge in [0.25, 0.3) is 0 Å². The normalized spacial score (nSPS) is 26.9. The number of likely N-dealkylation sites (tertiary alicyclic amines) is 1. The van der Waals surface area contributed by atoms with Crippen LogP contribution < -0.4 is 0 Å². The smallest absolute Gasteiger partial charge is 0.0299 e. The summed E-state index contributed by atoms with van der Waals surface area (Å²) in [6.45, 7) is 8.05. The molecule has 0 bridgehead atoms. The molecule has 16 heavy (non-hydrogen) atoms. The van der Waals surface area contributed by atoms with Gasteiger partial charge >= 0.3 is 0 Å². The van der Waals surface area contributed by atoms with E-state index in [1.165, 1.54) is 30.6 Å². The molecule has 1 aliphatic rings. The highest BCUT2D eigenvalue weighted by atomic mass is 79.9. The zero-order chi connectivity index (χ0) is 11.5. The van der Waals surface area contributed by atoms with Gasteiger partial charge in [-0.25, -0.2) is 0 Å². The predicted octanol–water partition coefficient (Wildman–Crippen LogP) is 3.60. The largest absolute Gasteiger partial charge is 0.298 e. The summed E-state index contributed by atoms with van der Waals surface area (Å²) in [7, 11) is 0. The summed E-state index contributed by atoms with van der Waals surface area (Å²) < 4.78 is 0. The van der Waals surface area contributed by atoms with Crippen molar-refractivity contribution in [2.45, 2.75) is 31.6 Å². The second-order valence-electron chi connectivity index (χ2n) is 4.94. The van der Waals surface area contributed by atoms with Gasteiger partial charge in [0.15, 0.2) is 0 Å². The molecule has 1 aliphatic heterocycles. The molecule has 0 aromatic heterocycles. The van der Waals surface area contributed by atoms with Crippen LogP contribution in [0.4, 0.5) is 0 Å². The molecule has 0 saturated carbocycles. The molecule has 0 radical (unpaired) electrons. The highest BCUT2D eigenvalue weighted by molar-refractivity contribution is 9.09. The maximum Gasteiger partial charge on any atom is 0.0299 e. The van der Waals surface area contributed by atoms with Crippen molar-refractivity contribution in [3.8, 4) is 0 Å². The Balaban J connectivity index is 1.98. The van der Waals surface area contributed by atoms with Gasteiger partial charge in [0.05, 0.1) is 0 Å². The average molecular weight is 282 g/mol. The van der Waals surface area contributed by atoms with Gasteiger partial charge in [0, 0.05) is 17.9 Å². The monoisotopic (exact) mass is 281 g/mol. The van der Waals surface area contributed by atoms with Crippen LogP contribution in [-0.4, -0.2) is 22.8 Å². The minimum absolute atomic E-state index is 0.658. The van der Waals surface area contributed by atoms with E-state index in [9.17, 15) is 0 Å². The summed E-state index contributed by atoms with van der Waals surface area (Å²) in [5, 5.41) is 0. The van der Waals surface area contributed by atoms with E-state index < -0.39 is 0 Å². The molecule has 1 aromatic carbocycles. The molecule has 0 spiro atoms. The first-order chi connectivity index (χ1) is 7.66. The Morgan fingerprint density at radius 2 is 2.12 bits per heavy atom. The summed E-state index contributed by atoms with van der Waals surface area (Å²) >= 11 is 3.78. The van der Waals surface area contributed by atoms with Crippen molar-refractivity contribution in [1.82, 2.24) is 4.90 Å². The lowest BCUT2D eigenvalue weighted by Crippen LogP contribution is -2.39. The number of alkyl halides is 1. The summed E-state index contributed by atoms with van der Waals surface area (Å²) in [6, 6.07) is 8.70. The highest BCUT2D eigenvalue weighted by Crippen LogP contribution is 2.24. The molecule has 0 aliphatic carbocycles. The Morgan fingerprint density at radius 1 is 1.38 bits per heavy atom. The van der Waals surface area contributed by atoms with Crippen LogP contribution in [0.25, 0.3) is 0 Å². The molecule has 1 heterocycles. The van der Waals surface area contributed by atoms with Crippen LogP contribution in [0.2, 0.25) is 0 Å². The van der Waals surface area contributed by atoms with E-state index in [1.807, 2.05) is 0 Å². The number of piperidine rings is 1. The number of rotatable bonds is 2. The van der Waals surface area contributed by atoms with E-state index in [1.54, 1.807) is 0 Å². The van der Waals surface area contributed by atoms with Crippen LogP contribution >= 0.6 is 15.9 Å². The summed E-state index contributed by atoms with van der Waals surface area (Å²) in [4.78, 5) is 3.21. The molecule has 0 amide bonds. The lowest BCUT2D eigenvalue weighted by molar-refractivity contribution is 0.193. The van der Waals surface area contributed by atoms with Crippen LogP contribution in [0.15, 0.2) is 24.3 Å². The van der Waals surface area contributed by atoms with E-state index in [0.717, 1.165) is 12.5 Å². The summed E-state index contributed by atoms with van der Waals surface area (Å²) in [5.41, 5.74) is 2.88. The zero-order valence-electron chi connectivity index (χ0n) is 10.1. The van der Waals surface area contributed by atoms with Crippen LogP contribution in [0.3, 0.4) is 0 Å². The Labute approximate surface area is 107 Å². The maximum atomic E-state index is 3.78. The van der Waals surface area contributed by atoms with Gasteiger partial charge in [-0.2, -0.15) is 0 Å². The Hall–Kier alpha value is -0.340. The third-order valence-corrected chi connectivity index (χ3v) is 4.80. The number of benzene rings is 1. The third-order valence-electron chi connectivity index (χ3n) is 3.61. The number of halogens is 1. The van der Waals surface area contributed by atoms with Crippen LogP contribution in [0, 0.1) is 12.8 Å². The van der Waals surface area contributed by atoms with Gasteiger partial charge in [-0.3, -0.25) is 4.90 Å². The molecular weight excluding hydrogens is 262 g/mol. The molecule has 2 atom stereocenters. The molecule has 88 valence electrons. The zero-order valence-corrected chi connectivity index (χ0v) is 11.7. The average Bonchev–Trinajstić information content (AvgIpc) is 2.27. The Bertz CT molecular complexity index is 350. The quantitative estimate of drug-likeness (QED) is 0.749. The van der Waals surface area contributed by atoms with Gasteiger partial charge in [-0.05, 0) is 36.9 Å². The lowest BCUT2D eigenvalue weighted by Gasteiger charge is -2.34. The van der Waals surface area contributed by atoms with Crippen molar-refractivity contribution in [1.29, 1.82) is 0 Å². The second-order valence-corrected chi connectivity index (χ2v) is 6.12. The number of hydrogen-bond acceptors (Lipinski definition) is 1. The van der Waals surface area contributed by atoms with E-state index in [2.05, 4.69) is 58.9 Å². The molecule has 1 aromatic rings. The number of hydrogen-bond donors (Lipinski definition) is 0. The first-order valence-electron chi connectivity index (χ1n) is 6.07. The maximum absolute atomic E-state index is 3.78. The fourth-order valence-corrected chi connectivity index (χ4v) is 2.93. The van der Waals surface area contributed by atoms with Gasteiger partial charge in [0.1, 0.15) is 0 Å². The topological polar surface area (TPSA) is 3.24 Å². The van der Waals surface area contributed by atoms with Crippen molar-refractivity contribution in [3.05, 3.63) is 35.4 Å². The minimum atomic E-state index is 0.658. The second kappa shape index (κ2) is 5.33. The highest BCUT2D eigenvalue weighted by Gasteiger charge is 2.23. The van der Waals surface area contributed by atoms with E-state index in [-0.39, 0.29) is 0 Å². The molecule has 1 fully saturated rings. The fraction of sp³-hybridized carbons (Fsp3) is 0.571. The summed E-state index contributed by atoms with van der Waals surface area (Å²) in [5.74, 6) is 0.813. The molecule has 2 unspecified atom stereocenters. The Kier molecular flexibility index (Phi) is 4.04. The van der Waals surface area contributed by atoms with Crippen LogP contribution in [-0.2, 0) is 6.54 Å². The van der Waals surface area contributed by atoms with Crippen molar-refractivity contribution in [3.63, 3.8) is 0 Å². The molecule has 2 heteroatoms. The molecule has 2 rings (SSSR count). The lowest BCUT2D eigenvalue weighted by atomic mass is 9.98. The molecule has 1 nitrogen and oxygen atoms in total. The standard InChI is InChI=1S/C14H20BrN/c1-11-5-3-4-6-13(11)9-16-8-7-12(2)14(15)10-16/h3-6,12,14H,7-10H2,1-2H3. The van der Waals surface area contributed by atoms with E-state index in [4.69, 9.17) is 0 Å². The van der Waals surface area contributed by atoms with Gasteiger partial charge in [0.2, 0.25) is 0 Å². The molecule has 1 saturated heterocycles. The van der Waals surface area contributed by atoms with Crippen molar-refractivity contribution >= 4 is 15.9 Å². The fourth-order valence-electron chi connectivity index (χ4n) is 2.26. The Morgan fingerprint density at radius 3 is 2.81 bits per heavy atom. The summed E-state index contributed by atoms with van der Waals surface area (Å²) in [6.07, 6.45) is 1.31. The SMILES string of the molecule is Cc1ccccc1CN1CCC(C)C(Br)C1. The molecule has 0 N–H and O–H groups in total. The predicted molar refractivity (Wildman–Crippen MR) is 73.0 cm³/mol. The van der Waals surface area contributed by atoms with Crippen LogP contribution in [0.5, 0.6) is 0 Å². The van der Waals surface area contributed by atoms with Crippen molar-refractivity contribution < 1.29 is 0 Å². The third kappa shape index (κ3) is 2.86.